The Morgan fingerprint density at radius 3 is 2.53 bits per heavy atom. The lowest BCUT2D eigenvalue weighted by molar-refractivity contribution is -0.137. The van der Waals surface area contributed by atoms with E-state index in [0.717, 1.165) is 31.5 Å². The molecule has 0 aliphatic carbocycles. The molecule has 94 valence electrons. The Morgan fingerprint density at radius 2 is 2.06 bits per heavy atom. The molecule has 2 nitrogen and oxygen atoms in total. The molecule has 1 fully saturated rings. The minimum atomic E-state index is -4.50. The standard InChI is InChI=1S/C11H11ClF3NO/c12-7-4-6(11(13,14)15)5-9(17)10(7)8-2-1-3-16-8/h4-5,8,16-17H,1-3H2. The van der Waals surface area contributed by atoms with Crippen LogP contribution in [0.1, 0.15) is 30.0 Å². The summed E-state index contributed by atoms with van der Waals surface area (Å²) >= 11 is 5.82. The molecule has 0 radical (unpaired) electrons. The summed E-state index contributed by atoms with van der Waals surface area (Å²) in [5, 5.41) is 12.7. The van der Waals surface area contributed by atoms with Gasteiger partial charge in [-0.15, -0.1) is 0 Å². The van der Waals surface area contributed by atoms with Gasteiger partial charge in [0.2, 0.25) is 0 Å². The number of hydrogen-bond acceptors (Lipinski definition) is 2. The summed E-state index contributed by atoms with van der Waals surface area (Å²) in [7, 11) is 0. The van der Waals surface area contributed by atoms with Gasteiger partial charge in [0.25, 0.3) is 0 Å². The van der Waals surface area contributed by atoms with Crippen LogP contribution in [-0.2, 0) is 6.18 Å². The summed E-state index contributed by atoms with van der Waals surface area (Å²) in [6.07, 6.45) is -2.82. The molecular formula is C11H11ClF3NO. The molecule has 2 N–H and O–H groups in total. The molecule has 1 aliphatic rings. The Balaban J connectivity index is 2.42. The molecule has 0 aromatic heterocycles. The molecule has 1 aliphatic heterocycles. The lowest BCUT2D eigenvalue weighted by atomic mass is 10.0. The van der Waals surface area contributed by atoms with Crippen molar-refractivity contribution in [2.75, 3.05) is 6.54 Å². The molecule has 1 saturated heterocycles. The lowest BCUT2D eigenvalue weighted by Crippen LogP contribution is -2.14. The van der Waals surface area contributed by atoms with Gasteiger partial charge in [0.15, 0.2) is 0 Å². The van der Waals surface area contributed by atoms with E-state index in [9.17, 15) is 18.3 Å². The molecule has 0 saturated carbocycles. The second-order valence-electron chi connectivity index (χ2n) is 4.04. The van der Waals surface area contributed by atoms with E-state index in [4.69, 9.17) is 11.6 Å². The van der Waals surface area contributed by atoms with Crippen LogP contribution in [0, 0.1) is 0 Å². The summed E-state index contributed by atoms with van der Waals surface area (Å²) in [4.78, 5) is 0. The van der Waals surface area contributed by atoms with Gasteiger partial charge in [-0.1, -0.05) is 11.6 Å². The van der Waals surface area contributed by atoms with Gasteiger partial charge in [0, 0.05) is 16.6 Å². The number of benzene rings is 1. The van der Waals surface area contributed by atoms with Crippen LogP contribution in [0.3, 0.4) is 0 Å². The third-order valence-corrected chi connectivity index (χ3v) is 3.16. The summed E-state index contributed by atoms with van der Waals surface area (Å²) < 4.78 is 37.4. The fourth-order valence-corrected chi connectivity index (χ4v) is 2.39. The lowest BCUT2D eigenvalue weighted by Gasteiger charge is -2.16. The second kappa shape index (κ2) is 4.38. The zero-order chi connectivity index (χ0) is 12.6. The van der Waals surface area contributed by atoms with Gasteiger partial charge < -0.3 is 10.4 Å². The van der Waals surface area contributed by atoms with E-state index in [1.807, 2.05) is 0 Å². The van der Waals surface area contributed by atoms with Crippen molar-refractivity contribution in [3.05, 3.63) is 28.3 Å². The summed E-state index contributed by atoms with van der Waals surface area (Å²) in [6.45, 7) is 0.779. The quantitative estimate of drug-likeness (QED) is 0.815. The molecular weight excluding hydrogens is 255 g/mol. The number of halogens is 4. The first-order valence-corrected chi connectivity index (χ1v) is 5.60. The van der Waals surface area contributed by atoms with Crippen LogP contribution in [0.4, 0.5) is 13.2 Å². The first-order valence-electron chi connectivity index (χ1n) is 5.22. The second-order valence-corrected chi connectivity index (χ2v) is 4.44. The first kappa shape index (κ1) is 12.5. The molecule has 1 heterocycles. The van der Waals surface area contributed by atoms with E-state index < -0.39 is 17.5 Å². The van der Waals surface area contributed by atoms with Crippen LogP contribution < -0.4 is 5.32 Å². The van der Waals surface area contributed by atoms with Gasteiger partial charge >= 0.3 is 6.18 Å². The smallest absolute Gasteiger partial charge is 0.416 e. The Morgan fingerprint density at radius 1 is 1.35 bits per heavy atom. The maximum absolute atomic E-state index is 12.5. The SMILES string of the molecule is Oc1cc(C(F)(F)F)cc(Cl)c1C1CCCN1. The van der Waals surface area contributed by atoms with E-state index in [2.05, 4.69) is 5.32 Å². The highest BCUT2D eigenvalue weighted by molar-refractivity contribution is 6.31. The van der Waals surface area contributed by atoms with Crippen molar-refractivity contribution in [3.8, 4) is 5.75 Å². The van der Waals surface area contributed by atoms with Crippen LogP contribution in [0.15, 0.2) is 12.1 Å². The third kappa shape index (κ3) is 2.50. The third-order valence-electron chi connectivity index (χ3n) is 2.84. The van der Waals surface area contributed by atoms with Crippen molar-refractivity contribution in [1.29, 1.82) is 0 Å². The topological polar surface area (TPSA) is 32.3 Å². The number of nitrogens with one attached hydrogen (secondary N) is 1. The minimum absolute atomic E-state index is 0.0447. The number of alkyl halides is 3. The summed E-state index contributed by atoms with van der Waals surface area (Å²) in [6, 6.07) is 1.42. The van der Waals surface area contributed by atoms with Gasteiger partial charge in [-0.3, -0.25) is 0 Å². The molecule has 1 aromatic carbocycles. The number of aromatic hydroxyl groups is 1. The van der Waals surface area contributed by atoms with E-state index in [-0.39, 0.29) is 11.1 Å². The molecule has 1 unspecified atom stereocenters. The predicted molar refractivity (Wildman–Crippen MR) is 58.1 cm³/mol. The Hall–Kier alpha value is -0.940. The van der Waals surface area contributed by atoms with Crippen LogP contribution >= 0.6 is 11.6 Å². The zero-order valence-electron chi connectivity index (χ0n) is 8.81. The largest absolute Gasteiger partial charge is 0.508 e. The van der Waals surface area contributed by atoms with Crippen molar-refractivity contribution in [1.82, 2.24) is 5.32 Å². The Bertz CT molecular complexity index is 404. The van der Waals surface area contributed by atoms with Gasteiger partial charge in [0.1, 0.15) is 5.75 Å². The molecule has 1 atom stereocenters. The molecule has 0 bridgehead atoms. The van der Waals surface area contributed by atoms with Crippen molar-refractivity contribution in [3.63, 3.8) is 0 Å². The van der Waals surface area contributed by atoms with Gasteiger partial charge in [-0.25, -0.2) is 0 Å². The molecule has 17 heavy (non-hydrogen) atoms. The average Bonchev–Trinajstić information content (AvgIpc) is 2.68. The van der Waals surface area contributed by atoms with Crippen LogP contribution in [0.2, 0.25) is 5.02 Å². The Kier molecular flexibility index (Phi) is 3.23. The maximum atomic E-state index is 12.5. The first-order chi connectivity index (χ1) is 7.89. The number of rotatable bonds is 1. The number of phenolic OH excluding ortho intramolecular Hbond substituents is 1. The van der Waals surface area contributed by atoms with E-state index in [1.54, 1.807) is 0 Å². The number of phenols is 1. The van der Waals surface area contributed by atoms with Crippen molar-refractivity contribution in [2.24, 2.45) is 0 Å². The van der Waals surface area contributed by atoms with Crippen molar-refractivity contribution < 1.29 is 18.3 Å². The fourth-order valence-electron chi connectivity index (χ4n) is 2.04. The molecule has 0 amide bonds. The maximum Gasteiger partial charge on any atom is 0.416 e. The molecule has 1 aromatic rings. The van der Waals surface area contributed by atoms with Crippen LogP contribution in [0.5, 0.6) is 5.75 Å². The average molecular weight is 266 g/mol. The summed E-state index contributed by atoms with van der Waals surface area (Å²) in [5.74, 6) is -0.399. The van der Waals surface area contributed by atoms with Crippen LogP contribution in [0.25, 0.3) is 0 Å². The van der Waals surface area contributed by atoms with Gasteiger partial charge in [-0.05, 0) is 31.5 Å². The normalized spacial score (nSPS) is 20.8. The van der Waals surface area contributed by atoms with Gasteiger partial charge in [-0.2, -0.15) is 13.2 Å². The summed E-state index contributed by atoms with van der Waals surface area (Å²) in [5.41, 5.74) is -0.570. The molecule has 0 spiro atoms. The molecule has 6 heteroatoms. The van der Waals surface area contributed by atoms with E-state index in [0.29, 0.717) is 5.56 Å². The highest BCUT2D eigenvalue weighted by Crippen LogP contribution is 2.40. The van der Waals surface area contributed by atoms with Gasteiger partial charge in [0.05, 0.1) is 5.56 Å². The molecule has 2 rings (SSSR count). The highest BCUT2D eigenvalue weighted by Gasteiger charge is 2.33. The highest BCUT2D eigenvalue weighted by atomic mass is 35.5. The monoisotopic (exact) mass is 265 g/mol. The van der Waals surface area contributed by atoms with Crippen LogP contribution in [-0.4, -0.2) is 11.7 Å². The zero-order valence-corrected chi connectivity index (χ0v) is 9.57. The van der Waals surface area contributed by atoms with E-state index in [1.165, 1.54) is 0 Å². The predicted octanol–water partition coefficient (Wildman–Crippen LogP) is 3.49. The van der Waals surface area contributed by atoms with Crippen molar-refractivity contribution in [2.45, 2.75) is 25.1 Å². The fraction of sp³-hybridized carbons (Fsp3) is 0.455. The minimum Gasteiger partial charge on any atom is -0.508 e. The number of hydrogen-bond donors (Lipinski definition) is 2. The van der Waals surface area contributed by atoms with Crippen molar-refractivity contribution >= 4 is 11.6 Å². The van der Waals surface area contributed by atoms with E-state index >= 15 is 0 Å². The Labute approximate surface area is 101 Å².